The number of carbonyl (C=O) groups is 2. The average molecular weight is 378 g/mol. The second-order valence-corrected chi connectivity index (χ2v) is 5.42. The number of esters is 1. The predicted octanol–water partition coefficient (Wildman–Crippen LogP) is 3.67. The molecule has 0 radical (unpaired) electrons. The van der Waals surface area contributed by atoms with Crippen molar-refractivity contribution in [1.82, 2.24) is 0 Å². The highest BCUT2D eigenvalue weighted by Crippen LogP contribution is 2.22. The van der Waals surface area contributed by atoms with Gasteiger partial charge in [0.1, 0.15) is 5.82 Å². The van der Waals surface area contributed by atoms with Crippen molar-refractivity contribution in [2.75, 3.05) is 5.32 Å². The summed E-state index contributed by atoms with van der Waals surface area (Å²) in [5.74, 6) is -3.53. The summed E-state index contributed by atoms with van der Waals surface area (Å²) in [7, 11) is 0. The monoisotopic (exact) mass is 378 g/mol. The van der Waals surface area contributed by atoms with Crippen molar-refractivity contribution >= 4 is 29.5 Å². The van der Waals surface area contributed by atoms with Gasteiger partial charge in [0, 0.05) is 11.3 Å². The third-order valence-corrected chi connectivity index (χ3v) is 3.40. The topological polar surface area (TPSA) is 67.8 Å². The van der Waals surface area contributed by atoms with E-state index in [0.29, 0.717) is 5.56 Å². The van der Waals surface area contributed by atoms with Crippen LogP contribution in [0.15, 0.2) is 59.2 Å². The quantitative estimate of drug-likeness (QED) is 0.503. The Morgan fingerprint density at radius 1 is 1.11 bits per heavy atom. The molecular formula is C18H10F4N2O3. The number of cyclic esters (lactones) is 1. The molecule has 1 N–H and O–H groups in total. The Bertz CT molecular complexity index is 981. The maximum absolute atomic E-state index is 13.3. The number of aliphatic imine (C=N–C) groups is 1. The standard InChI is InChI=1S/C18H10F4N2O3/c19-12-5-2-4-11(9-12)15-24-14(16(25)27-15)8-10-3-1-6-13(7-10)23-17(26)18(20,21)22/h1-9H,(H,23,26)/b14-8-. The second-order valence-electron chi connectivity index (χ2n) is 5.42. The van der Waals surface area contributed by atoms with Crippen LogP contribution >= 0.6 is 0 Å². The van der Waals surface area contributed by atoms with E-state index in [1.807, 2.05) is 0 Å². The molecular weight excluding hydrogens is 368 g/mol. The Morgan fingerprint density at radius 2 is 1.85 bits per heavy atom. The highest BCUT2D eigenvalue weighted by atomic mass is 19.4. The third kappa shape index (κ3) is 4.38. The van der Waals surface area contributed by atoms with E-state index < -0.39 is 23.9 Å². The molecule has 2 aromatic carbocycles. The zero-order valence-electron chi connectivity index (χ0n) is 13.4. The number of ether oxygens (including phenoxy) is 1. The van der Waals surface area contributed by atoms with Gasteiger partial charge in [-0.2, -0.15) is 13.2 Å². The molecule has 5 nitrogen and oxygen atoms in total. The Morgan fingerprint density at radius 3 is 2.56 bits per heavy atom. The van der Waals surface area contributed by atoms with Crippen molar-refractivity contribution in [2.45, 2.75) is 6.18 Å². The maximum Gasteiger partial charge on any atom is 0.471 e. The predicted molar refractivity (Wildman–Crippen MR) is 88.1 cm³/mol. The highest BCUT2D eigenvalue weighted by molar-refractivity contribution is 6.12. The fourth-order valence-corrected chi connectivity index (χ4v) is 2.22. The van der Waals surface area contributed by atoms with Crippen molar-refractivity contribution in [3.8, 4) is 0 Å². The van der Waals surface area contributed by atoms with Crippen molar-refractivity contribution in [2.24, 2.45) is 4.99 Å². The summed E-state index contributed by atoms with van der Waals surface area (Å²) in [6.45, 7) is 0. The van der Waals surface area contributed by atoms with Gasteiger partial charge in [-0.15, -0.1) is 0 Å². The van der Waals surface area contributed by atoms with Crippen molar-refractivity contribution in [3.63, 3.8) is 0 Å². The summed E-state index contributed by atoms with van der Waals surface area (Å²) >= 11 is 0. The molecule has 27 heavy (non-hydrogen) atoms. The molecule has 138 valence electrons. The minimum Gasteiger partial charge on any atom is -0.402 e. The average Bonchev–Trinajstić information content (AvgIpc) is 2.95. The molecule has 0 atom stereocenters. The van der Waals surface area contributed by atoms with E-state index in [9.17, 15) is 27.2 Å². The Balaban J connectivity index is 1.85. The molecule has 0 saturated carbocycles. The van der Waals surface area contributed by atoms with Crippen LogP contribution in [0.1, 0.15) is 11.1 Å². The number of alkyl halides is 3. The van der Waals surface area contributed by atoms with Crippen molar-refractivity contribution < 1.29 is 31.9 Å². The number of anilines is 1. The lowest BCUT2D eigenvalue weighted by atomic mass is 10.1. The van der Waals surface area contributed by atoms with E-state index in [2.05, 4.69) is 4.99 Å². The van der Waals surface area contributed by atoms with Gasteiger partial charge in [0.05, 0.1) is 0 Å². The van der Waals surface area contributed by atoms with Gasteiger partial charge in [0.15, 0.2) is 5.70 Å². The molecule has 1 aliphatic heterocycles. The number of halogens is 4. The molecule has 1 heterocycles. The molecule has 0 unspecified atom stereocenters. The summed E-state index contributed by atoms with van der Waals surface area (Å²) in [5.41, 5.74) is 0.352. The van der Waals surface area contributed by atoms with Crippen LogP contribution in [0, 0.1) is 5.82 Å². The Labute approximate surface area is 150 Å². The Hall–Kier alpha value is -3.49. The van der Waals surface area contributed by atoms with Gasteiger partial charge in [-0.3, -0.25) is 4.79 Å². The van der Waals surface area contributed by atoms with Crippen LogP contribution in [-0.2, 0) is 14.3 Å². The molecule has 0 fully saturated rings. The zero-order valence-corrected chi connectivity index (χ0v) is 13.4. The molecule has 1 aliphatic rings. The van der Waals surface area contributed by atoms with Crippen LogP contribution in [-0.4, -0.2) is 24.0 Å². The maximum atomic E-state index is 13.3. The van der Waals surface area contributed by atoms with E-state index in [1.165, 1.54) is 48.5 Å². The van der Waals surface area contributed by atoms with Crippen molar-refractivity contribution in [3.05, 3.63) is 71.2 Å². The summed E-state index contributed by atoms with van der Waals surface area (Å²) < 4.78 is 55.2. The van der Waals surface area contributed by atoms with E-state index in [1.54, 1.807) is 5.32 Å². The molecule has 0 bridgehead atoms. The number of amides is 1. The van der Waals surface area contributed by atoms with E-state index in [0.717, 1.165) is 6.07 Å². The fraction of sp³-hybridized carbons (Fsp3) is 0.0556. The molecule has 0 saturated heterocycles. The van der Waals surface area contributed by atoms with E-state index in [-0.39, 0.29) is 22.8 Å². The van der Waals surface area contributed by atoms with Gasteiger partial charge in [0.25, 0.3) is 0 Å². The molecule has 0 aliphatic carbocycles. The number of rotatable bonds is 3. The number of nitrogens with zero attached hydrogens (tertiary/aromatic N) is 1. The highest BCUT2D eigenvalue weighted by Gasteiger charge is 2.38. The lowest BCUT2D eigenvalue weighted by Gasteiger charge is -2.08. The summed E-state index contributed by atoms with van der Waals surface area (Å²) in [6, 6.07) is 10.7. The van der Waals surface area contributed by atoms with E-state index >= 15 is 0 Å². The smallest absolute Gasteiger partial charge is 0.402 e. The van der Waals surface area contributed by atoms with Gasteiger partial charge in [-0.05, 0) is 42.0 Å². The number of carbonyl (C=O) groups excluding carboxylic acids is 2. The molecule has 9 heteroatoms. The largest absolute Gasteiger partial charge is 0.471 e. The first-order valence-electron chi connectivity index (χ1n) is 7.49. The Kier molecular flexibility index (Phi) is 4.76. The summed E-state index contributed by atoms with van der Waals surface area (Å²) in [5, 5.41) is 1.71. The molecule has 0 spiro atoms. The number of hydrogen-bond donors (Lipinski definition) is 1. The first-order valence-corrected chi connectivity index (χ1v) is 7.49. The molecule has 3 rings (SSSR count). The van der Waals surface area contributed by atoms with Crippen LogP contribution < -0.4 is 5.32 Å². The van der Waals surface area contributed by atoms with Crippen LogP contribution in [0.25, 0.3) is 6.08 Å². The second kappa shape index (κ2) is 7.02. The summed E-state index contributed by atoms with van der Waals surface area (Å²) in [6.07, 6.45) is -3.74. The first kappa shape index (κ1) is 18.3. The minimum absolute atomic E-state index is 0.0905. The van der Waals surface area contributed by atoms with Crippen LogP contribution in [0.5, 0.6) is 0 Å². The van der Waals surface area contributed by atoms with Crippen molar-refractivity contribution in [1.29, 1.82) is 0 Å². The molecule has 1 amide bonds. The third-order valence-electron chi connectivity index (χ3n) is 3.40. The van der Waals surface area contributed by atoms with Crippen LogP contribution in [0.3, 0.4) is 0 Å². The number of hydrogen-bond acceptors (Lipinski definition) is 4. The normalized spacial score (nSPS) is 15.5. The first-order chi connectivity index (χ1) is 12.7. The minimum atomic E-state index is -5.02. The van der Waals surface area contributed by atoms with E-state index in [4.69, 9.17) is 4.74 Å². The lowest BCUT2D eigenvalue weighted by molar-refractivity contribution is -0.167. The van der Waals surface area contributed by atoms with Gasteiger partial charge in [-0.1, -0.05) is 18.2 Å². The fourth-order valence-electron chi connectivity index (χ4n) is 2.22. The zero-order chi connectivity index (χ0) is 19.6. The number of nitrogens with one attached hydrogen (secondary N) is 1. The van der Waals surface area contributed by atoms with Crippen LogP contribution in [0.4, 0.5) is 23.2 Å². The SMILES string of the molecule is O=C1OC(c2cccc(F)c2)=N/C1=C\c1cccc(NC(=O)C(F)(F)F)c1. The molecule has 0 aromatic heterocycles. The number of benzene rings is 2. The van der Waals surface area contributed by atoms with Crippen LogP contribution in [0.2, 0.25) is 0 Å². The van der Waals surface area contributed by atoms with Gasteiger partial charge in [-0.25, -0.2) is 14.2 Å². The molecule has 2 aromatic rings. The van der Waals surface area contributed by atoms with Gasteiger partial charge < -0.3 is 10.1 Å². The van der Waals surface area contributed by atoms with Gasteiger partial charge >= 0.3 is 18.1 Å². The summed E-state index contributed by atoms with van der Waals surface area (Å²) in [4.78, 5) is 26.9. The van der Waals surface area contributed by atoms with Gasteiger partial charge in [0.2, 0.25) is 5.90 Å². The lowest BCUT2D eigenvalue weighted by Crippen LogP contribution is -2.29.